The Morgan fingerprint density at radius 3 is 2.40 bits per heavy atom. The van der Waals surface area contributed by atoms with Gasteiger partial charge in [0.2, 0.25) is 0 Å². The molecule has 0 bridgehead atoms. The average Bonchev–Trinajstić information content (AvgIpc) is 2.63. The normalized spacial score (nSPS) is 16.6. The van der Waals surface area contributed by atoms with Gasteiger partial charge in [-0.3, -0.25) is 0 Å². The van der Waals surface area contributed by atoms with Crippen LogP contribution in [0.4, 0.5) is 0 Å². The smallest absolute Gasteiger partial charge is 0.146 e. The molecule has 0 amide bonds. The third-order valence-corrected chi connectivity index (χ3v) is 5.43. The molecular formula is C21H25Cl2NO. The van der Waals surface area contributed by atoms with Gasteiger partial charge in [-0.2, -0.15) is 0 Å². The second-order valence-corrected chi connectivity index (χ2v) is 7.68. The molecule has 25 heavy (non-hydrogen) atoms. The third kappa shape index (κ3) is 5.37. The minimum absolute atomic E-state index is 0.520. The fraction of sp³-hybridized carbons (Fsp3) is 0.429. The van der Waals surface area contributed by atoms with E-state index in [1.807, 2.05) is 12.1 Å². The van der Waals surface area contributed by atoms with E-state index in [-0.39, 0.29) is 0 Å². The van der Waals surface area contributed by atoms with E-state index in [9.17, 15) is 0 Å². The molecular weight excluding hydrogens is 353 g/mol. The second kappa shape index (κ2) is 8.93. The first-order chi connectivity index (χ1) is 12.1. The number of ether oxygens (including phenoxy) is 1. The topological polar surface area (TPSA) is 12.5 Å². The molecule has 0 aromatic heterocycles. The van der Waals surface area contributed by atoms with Crippen molar-refractivity contribution < 1.29 is 4.74 Å². The van der Waals surface area contributed by atoms with Gasteiger partial charge in [0.15, 0.2) is 0 Å². The van der Waals surface area contributed by atoms with E-state index in [1.165, 1.54) is 50.9 Å². The van der Waals surface area contributed by atoms with Gasteiger partial charge >= 0.3 is 0 Å². The van der Waals surface area contributed by atoms with Gasteiger partial charge in [-0.25, -0.2) is 0 Å². The lowest BCUT2D eigenvalue weighted by molar-refractivity contribution is 0.222. The summed E-state index contributed by atoms with van der Waals surface area (Å²) >= 11 is 12.1. The number of hydrogen-bond donors (Lipinski definition) is 0. The first-order valence-corrected chi connectivity index (χ1v) is 9.82. The highest BCUT2D eigenvalue weighted by atomic mass is 35.5. The molecule has 1 saturated heterocycles. The van der Waals surface area contributed by atoms with Crippen molar-refractivity contribution in [2.45, 2.75) is 38.5 Å². The van der Waals surface area contributed by atoms with Crippen molar-refractivity contribution in [3.63, 3.8) is 0 Å². The molecule has 1 heterocycles. The molecule has 1 aliphatic rings. The van der Waals surface area contributed by atoms with Gasteiger partial charge in [0, 0.05) is 5.02 Å². The molecule has 1 unspecified atom stereocenters. The van der Waals surface area contributed by atoms with Gasteiger partial charge in [-0.1, -0.05) is 48.7 Å². The predicted molar refractivity (Wildman–Crippen MR) is 106 cm³/mol. The van der Waals surface area contributed by atoms with E-state index >= 15 is 0 Å². The number of piperidine rings is 1. The highest BCUT2D eigenvalue weighted by Gasteiger charge is 2.13. The summed E-state index contributed by atoms with van der Waals surface area (Å²) in [6.07, 6.45) is 5.30. The van der Waals surface area contributed by atoms with E-state index in [2.05, 4.69) is 24.0 Å². The summed E-state index contributed by atoms with van der Waals surface area (Å²) in [6, 6.07) is 13.6. The van der Waals surface area contributed by atoms with E-state index in [0.29, 0.717) is 21.7 Å². The van der Waals surface area contributed by atoms with Crippen LogP contribution < -0.4 is 4.74 Å². The van der Waals surface area contributed by atoms with Crippen LogP contribution in [0.1, 0.15) is 44.1 Å². The summed E-state index contributed by atoms with van der Waals surface area (Å²) in [7, 11) is 0. The lowest BCUT2D eigenvalue weighted by Gasteiger charge is -2.27. The lowest BCUT2D eigenvalue weighted by atomic mass is 9.97. The SMILES string of the molecule is CC(CCN1CCCCC1)c1ccc(Oc2ccc(Cl)cc2Cl)cc1. The van der Waals surface area contributed by atoms with E-state index < -0.39 is 0 Å². The zero-order chi connectivity index (χ0) is 17.6. The summed E-state index contributed by atoms with van der Waals surface area (Å²) in [5.74, 6) is 1.96. The summed E-state index contributed by atoms with van der Waals surface area (Å²) in [5, 5.41) is 1.13. The quantitative estimate of drug-likeness (QED) is 0.550. The number of benzene rings is 2. The maximum atomic E-state index is 6.16. The Kier molecular flexibility index (Phi) is 6.63. The van der Waals surface area contributed by atoms with Crippen molar-refractivity contribution in [1.82, 2.24) is 4.90 Å². The molecule has 2 aromatic carbocycles. The minimum atomic E-state index is 0.520. The van der Waals surface area contributed by atoms with Crippen LogP contribution in [-0.2, 0) is 0 Å². The van der Waals surface area contributed by atoms with Crippen LogP contribution in [0.25, 0.3) is 0 Å². The van der Waals surface area contributed by atoms with Gasteiger partial charge in [0.1, 0.15) is 11.5 Å². The second-order valence-electron chi connectivity index (χ2n) is 6.84. The highest BCUT2D eigenvalue weighted by molar-refractivity contribution is 6.35. The van der Waals surface area contributed by atoms with Crippen LogP contribution in [0.3, 0.4) is 0 Å². The van der Waals surface area contributed by atoms with Crippen molar-refractivity contribution in [2.75, 3.05) is 19.6 Å². The standard InChI is InChI=1S/C21H25Cl2NO/c1-16(11-14-24-12-3-2-4-13-24)17-5-8-19(9-6-17)25-21-10-7-18(22)15-20(21)23/h5-10,15-16H,2-4,11-14H2,1H3. The van der Waals surface area contributed by atoms with Gasteiger partial charge in [-0.15, -0.1) is 0 Å². The number of nitrogens with zero attached hydrogens (tertiary/aromatic N) is 1. The fourth-order valence-electron chi connectivity index (χ4n) is 3.28. The Bertz CT molecular complexity index is 681. The largest absolute Gasteiger partial charge is 0.456 e. The Balaban J connectivity index is 1.55. The van der Waals surface area contributed by atoms with Crippen molar-refractivity contribution in [2.24, 2.45) is 0 Å². The van der Waals surface area contributed by atoms with Crippen LogP contribution in [-0.4, -0.2) is 24.5 Å². The number of halogens is 2. The summed E-state index contributed by atoms with van der Waals surface area (Å²) in [5.41, 5.74) is 1.35. The van der Waals surface area contributed by atoms with Crippen molar-refractivity contribution >= 4 is 23.2 Å². The molecule has 3 rings (SSSR count). The summed E-state index contributed by atoms with van der Waals surface area (Å²) < 4.78 is 5.86. The molecule has 4 heteroatoms. The van der Waals surface area contributed by atoms with Crippen LogP contribution in [0.2, 0.25) is 10.0 Å². The van der Waals surface area contributed by atoms with E-state index in [4.69, 9.17) is 27.9 Å². The molecule has 0 N–H and O–H groups in total. The van der Waals surface area contributed by atoms with Crippen molar-refractivity contribution in [3.8, 4) is 11.5 Å². The molecule has 1 fully saturated rings. The fourth-order valence-corrected chi connectivity index (χ4v) is 3.72. The molecule has 2 nitrogen and oxygen atoms in total. The molecule has 0 saturated carbocycles. The monoisotopic (exact) mass is 377 g/mol. The van der Waals surface area contributed by atoms with Crippen molar-refractivity contribution in [1.29, 1.82) is 0 Å². The number of rotatable bonds is 6. The van der Waals surface area contributed by atoms with Crippen LogP contribution in [0.15, 0.2) is 42.5 Å². The van der Waals surface area contributed by atoms with Gasteiger partial charge in [0.05, 0.1) is 5.02 Å². The summed E-state index contributed by atoms with van der Waals surface area (Å²) in [4.78, 5) is 2.60. The minimum Gasteiger partial charge on any atom is -0.456 e. The zero-order valence-electron chi connectivity index (χ0n) is 14.7. The zero-order valence-corrected chi connectivity index (χ0v) is 16.2. The molecule has 2 aromatic rings. The van der Waals surface area contributed by atoms with Crippen LogP contribution >= 0.6 is 23.2 Å². The van der Waals surface area contributed by atoms with Crippen LogP contribution in [0.5, 0.6) is 11.5 Å². The highest BCUT2D eigenvalue weighted by Crippen LogP contribution is 2.32. The van der Waals surface area contributed by atoms with Crippen molar-refractivity contribution in [3.05, 3.63) is 58.1 Å². The third-order valence-electron chi connectivity index (χ3n) is 4.90. The van der Waals surface area contributed by atoms with Gasteiger partial charge < -0.3 is 9.64 Å². The Morgan fingerprint density at radius 2 is 1.72 bits per heavy atom. The number of hydrogen-bond acceptors (Lipinski definition) is 2. The molecule has 1 atom stereocenters. The molecule has 1 aliphatic heterocycles. The molecule has 0 aliphatic carbocycles. The van der Waals surface area contributed by atoms with Crippen LogP contribution in [0, 0.1) is 0 Å². The summed E-state index contributed by atoms with van der Waals surface area (Å²) in [6.45, 7) is 6.03. The Labute approximate surface area is 160 Å². The predicted octanol–water partition coefficient (Wildman–Crippen LogP) is 6.77. The lowest BCUT2D eigenvalue weighted by Crippen LogP contribution is -2.31. The average molecular weight is 378 g/mol. The Hall–Kier alpha value is -1.22. The van der Waals surface area contributed by atoms with Gasteiger partial charge in [-0.05, 0) is 80.7 Å². The first kappa shape index (κ1) is 18.6. The first-order valence-electron chi connectivity index (χ1n) is 9.07. The van der Waals surface area contributed by atoms with Gasteiger partial charge in [0.25, 0.3) is 0 Å². The maximum absolute atomic E-state index is 6.16. The van der Waals surface area contributed by atoms with E-state index in [0.717, 1.165) is 5.75 Å². The number of likely N-dealkylation sites (tertiary alicyclic amines) is 1. The molecule has 134 valence electrons. The molecule has 0 spiro atoms. The maximum Gasteiger partial charge on any atom is 0.146 e. The van der Waals surface area contributed by atoms with E-state index in [1.54, 1.807) is 18.2 Å². The Morgan fingerprint density at radius 1 is 1.00 bits per heavy atom. The molecule has 0 radical (unpaired) electrons.